The molecule has 6 nitrogen and oxygen atoms in total. The largest absolute Gasteiger partial charge is 0.497 e. The number of nitrogens with one attached hydrogen (secondary N) is 1. The molecule has 2 heterocycles. The van der Waals surface area contributed by atoms with Gasteiger partial charge in [-0.2, -0.15) is 5.10 Å². The van der Waals surface area contributed by atoms with Crippen LogP contribution in [0.15, 0.2) is 59.7 Å². The van der Waals surface area contributed by atoms with Crippen LogP contribution in [-0.2, 0) is 0 Å². The summed E-state index contributed by atoms with van der Waals surface area (Å²) in [5.74, 6) is 0.991. The van der Waals surface area contributed by atoms with Crippen molar-refractivity contribution in [3.8, 4) is 22.8 Å². The maximum absolute atomic E-state index is 13.2. The van der Waals surface area contributed by atoms with Crippen molar-refractivity contribution in [3.05, 3.63) is 75.5 Å². The number of carbonyl (C=O) groups is 1. The van der Waals surface area contributed by atoms with Crippen LogP contribution in [-0.4, -0.2) is 30.8 Å². The van der Waals surface area contributed by atoms with Crippen LogP contribution in [0, 0.1) is 13.8 Å². The van der Waals surface area contributed by atoms with Gasteiger partial charge in [-0.05, 0) is 51.1 Å². The highest BCUT2D eigenvalue weighted by molar-refractivity contribution is 7.12. The highest BCUT2D eigenvalue weighted by atomic mass is 32.1. The van der Waals surface area contributed by atoms with Gasteiger partial charge in [0.05, 0.1) is 36.7 Å². The molecule has 4 aromatic rings. The summed E-state index contributed by atoms with van der Waals surface area (Å²) in [6, 6.07) is 16.9. The second-order valence-corrected chi connectivity index (χ2v) is 9.06. The molecule has 0 unspecified atom stereocenters. The quantitative estimate of drug-likeness (QED) is 0.294. The first-order valence-electron chi connectivity index (χ1n) is 10.5. The zero-order valence-electron chi connectivity index (χ0n) is 19.2. The standard InChI is InChI=1S/C26H25N3O3S/c1-15-12-21(17(3)33-15)16(2)28-29-26(30)22-14-24(27-23-9-7-6-8-19(22)23)20-11-10-18(31-4)13-25(20)32-5/h6-14H,1-5H3,(H,29,30)/b28-16+. The second kappa shape index (κ2) is 9.42. The van der Waals surface area contributed by atoms with Gasteiger partial charge in [0.25, 0.3) is 5.91 Å². The smallest absolute Gasteiger partial charge is 0.272 e. The molecule has 0 aliphatic rings. The fourth-order valence-corrected chi connectivity index (χ4v) is 4.73. The van der Waals surface area contributed by atoms with Gasteiger partial charge < -0.3 is 9.47 Å². The SMILES string of the molecule is COc1ccc(-c2cc(C(=O)N/N=C(\C)c3cc(C)sc3C)c3ccccc3n2)c(OC)c1. The number of pyridine rings is 1. The first kappa shape index (κ1) is 22.5. The molecule has 0 fully saturated rings. The van der Waals surface area contributed by atoms with Gasteiger partial charge in [0.2, 0.25) is 0 Å². The molecule has 0 bridgehead atoms. The van der Waals surface area contributed by atoms with E-state index in [4.69, 9.17) is 14.5 Å². The summed E-state index contributed by atoms with van der Waals surface area (Å²) in [5, 5.41) is 5.12. The Labute approximate surface area is 196 Å². The van der Waals surface area contributed by atoms with E-state index in [-0.39, 0.29) is 5.91 Å². The monoisotopic (exact) mass is 459 g/mol. The van der Waals surface area contributed by atoms with Crippen molar-refractivity contribution in [1.29, 1.82) is 0 Å². The minimum atomic E-state index is -0.300. The average Bonchev–Trinajstić information content (AvgIpc) is 3.18. The van der Waals surface area contributed by atoms with Gasteiger partial charge in [-0.1, -0.05) is 18.2 Å². The third kappa shape index (κ3) is 4.59. The topological polar surface area (TPSA) is 72.8 Å². The highest BCUT2D eigenvalue weighted by Crippen LogP contribution is 2.34. The normalized spacial score (nSPS) is 11.5. The van der Waals surface area contributed by atoms with Gasteiger partial charge >= 0.3 is 0 Å². The highest BCUT2D eigenvalue weighted by Gasteiger charge is 2.17. The average molecular weight is 460 g/mol. The number of benzene rings is 2. The minimum absolute atomic E-state index is 0.300. The molecule has 0 saturated heterocycles. The van der Waals surface area contributed by atoms with Crippen LogP contribution in [0.3, 0.4) is 0 Å². The third-order valence-electron chi connectivity index (χ3n) is 5.40. The fourth-order valence-electron chi connectivity index (χ4n) is 3.76. The Bertz CT molecular complexity index is 1370. The number of hydrogen-bond acceptors (Lipinski definition) is 6. The molecule has 0 aliphatic carbocycles. The van der Waals surface area contributed by atoms with E-state index in [1.54, 1.807) is 37.7 Å². The lowest BCUT2D eigenvalue weighted by molar-refractivity contribution is 0.0956. The van der Waals surface area contributed by atoms with Crippen molar-refractivity contribution in [2.24, 2.45) is 5.10 Å². The zero-order chi connectivity index (χ0) is 23.5. The van der Waals surface area contributed by atoms with Gasteiger partial charge in [-0.25, -0.2) is 10.4 Å². The number of ether oxygens (including phenoxy) is 2. The van der Waals surface area contributed by atoms with E-state index >= 15 is 0 Å². The minimum Gasteiger partial charge on any atom is -0.497 e. The number of para-hydroxylation sites is 1. The summed E-state index contributed by atoms with van der Waals surface area (Å²) in [6.07, 6.45) is 0. The summed E-state index contributed by atoms with van der Waals surface area (Å²) in [4.78, 5) is 20.4. The third-order valence-corrected chi connectivity index (χ3v) is 6.37. The molecule has 0 saturated carbocycles. The summed E-state index contributed by atoms with van der Waals surface area (Å²) in [5.41, 5.74) is 7.13. The Kier molecular flexibility index (Phi) is 6.42. The van der Waals surface area contributed by atoms with E-state index in [2.05, 4.69) is 30.4 Å². The number of nitrogens with zero attached hydrogens (tertiary/aromatic N) is 2. The maximum Gasteiger partial charge on any atom is 0.272 e. The van der Waals surface area contributed by atoms with E-state index in [0.717, 1.165) is 22.2 Å². The number of methoxy groups -OCH3 is 2. The van der Waals surface area contributed by atoms with Crippen molar-refractivity contribution in [3.63, 3.8) is 0 Å². The van der Waals surface area contributed by atoms with Crippen LogP contribution in [0.25, 0.3) is 22.2 Å². The molecule has 1 N–H and O–H groups in total. The molecule has 1 amide bonds. The molecule has 4 rings (SSSR count). The number of aryl methyl sites for hydroxylation is 2. The molecule has 168 valence electrons. The Morgan fingerprint density at radius 1 is 1.00 bits per heavy atom. The van der Waals surface area contributed by atoms with Crippen LogP contribution in [0.2, 0.25) is 0 Å². The number of rotatable bonds is 6. The summed E-state index contributed by atoms with van der Waals surface area (Å²) in [7, 11) is 3.20. The molecular formula is C26H25N3O3S. The molecule has 0 radical (unpaired) electrons. The van der Waals surface area contributed by atoms with Gasteiger partial charge in [0.1, 0.15) is 11.5 Å². The second-order valence-electron chi connectivity index (χ2n) is 7.60. The van der Waals surface area contributed by atoms with Crippen LogP contribution in [0.1, 0.15) is 32.6 Å². The lowest BCUT2D eigenvalue weighted by Crippen LogP contribution is -2.20. The predicted molar refractivity (Wildman–Crippen MR) is 134 cm³/mol. The number of fused-ring (bicyclic) bond motifs is 1. The van der Waals surface area contributed by atoms with E-state index in [0.29, 0.717) is 28.3 Å². The fraction of sp³-hybridized carbons (Fsp3) is 0.192. The van der Waals surface area contributed by atoms with E-state index in [9.17, 15) is 4.79 Å². The molecular weight excluding hydrogens is 434 g/mol. The van der Waals surface area contributed by atoms with Crippen molar-refractivity contribution >= 4 is 33.9 Å². The van der Waals surface area contributed by atoms with E-state index in [1.807, 2.05) is 43.3 Å². The molecule has 2 aromatic carbocycles. The van der Waals surface area contributed by atoms with Gasteiger partial charge in [0, 0.05) is 32.3 Å². The van der Waals surface area contributed by atoms with Gasteiger partial charge in [-0.15, -0.1) is 11.3 Å². The molecule has 33 heavy (non-hydrogen) atoms. The van der Waals surface area contributed by atoms with Crippen molar-refractivity contribution < 1.29 is 14.3 Å². The first-order valence-corrected chi connectivity index (χ1v) is 11.3. The number of aromatic nitrogens is 1. The van der Waals surface area contributed by atoms with Crippen LogP contribution >= 0.6 is 11.3 Å². The number of hydrazone groups is 1. The zero-order valence-corrected chi connectivity index (χ0v) is 20.0. The van der Waals surface area contributed by atoms with Crippen LogP contribution in [0.5, 0.6) is 11.5 Å². The van der Waals surface area contributed by atoms with Crippen LogP contribution in [0.4, 0.5) is 0 Å². The Balaban J connectivity index is 1.75. The van der Waals surface area contributed by atoms with Crippen molar-refractivity contribution in [1.82, 2.24) is 10.4 Å². The predicted octanol–water partition coefficient (Wildman–Crippen LogP) is 5.75. The Hall–Kier alpha value is -3.71. The summed E-state index contributed by atoms with van der Waals surface area (Å²) < 4.78 is 10.9. The van der Waals surface area contributed by atoms with E-state index in [1.165, 1.54) is 9.75 Å². The van der Waals surface area contributed by atoms with Crippen molar-refractivity contribution in [2.45, 2.75) is 20.8 Å². The Morgan fingerprint density at radius 2 is 1.79 bits per heavy atom. The maximum atomic E-state index is 13.2. The van der Waals surface area contributed by atoms with Gasteiger partial charge in [0.15, 0.2) is 0 Å². The van der Waals surface area contributed by atoms with Gasteiger partial charge in [-0.3, -0.25) is 4.79 Å². The lowest BCUT2D eigenvalue weighted by Gasteiger charge is -2.13. The summed E-state index contributed by atoms with van der Waals surface area (Å²) in [6.45, 7) is 6.01. The number of amides is 1. The Morgan fingerprint density at radius 3 is 2.48 bits per heavy atom. The molecule has 2 aromatic heterocycles. The molecule has 7 heteroatoms. The van der Waals surface area contributed by atoms with Crippen molar-refractivity contribution in [2.75, 3.05) is 14.2 Å². The summed E-state index contributed by atoms with van der Waals surface area (Å²) >= 11 is 1.71. The molecule has 0 atom stereocenters. The number of thiophene rings is 1. The number of carbonyl (C=O) groups excluding carboxylic acids is 1. The molecule has 0 spiro atoms. The van der Waals surface area contributed by atoms with E-state index < -0.39 is 0 Å². The lowest BCUT2D eigenvalue weighted by atomic mass is 10.0. The first-order chi connectivity index (χ1) is 15.9. The number of hydrogen-bond donors (Lipinski definition) is 1. The van der Waals surface area contributed by atoms with Crippen LogP contribution < -0.4 is 14.9 Å². The molecule has 0 aliphatic heterocycles.